The number of aromatic nitrogens is 4. The number of nitrogens with zero attached hydrogens (tertiary/aromatic N) is 4. The van der Waals surface area contributed by atoms with Crippen LogP contribution in [0.3, 0.4) is 0 Å². The summed E-state index contributed by atoms with van der Waals surface area (Å²) in [6, 6.07) is 5.71. The lowest BCUT2D eigenvalue weighted by Gasteiger charge is -2.01. The van der Waals surface area contributed by atoms with Crippen molar-refractivity contribution in [3.05, 3.63) is 40.7 Å². The van der Waals surface area contributed by atoms with Crippen molar-refractivity contribution < 1.29 is 14.4 Å². The summed E-state index contributed by atoms with van der Waals surface area (Å²) < 4.78 is 6.83. The fourth-order valence-corrected chi connectivity index (χ4v) is 2.72. The molecule has 0 fully saturated rings. The van der Waals surface area contributed by atoms with Crippen molar-refractivity contribution in [2.45, 2.75) is 19.9 Å². The highest BCUT2D eigenvalue weighted by atomic mass is 32.1. The largest absolute Gasteiger partial charge is 0.476 e. The van der Waals surface area contributed by atoms with Gasteiger partial charge in [-0.15, -0.1) is 16.4 Å². The molecular formula is C13H12N4O3S. The summed E-state index contributed by atoms with van der Waals surface area (Å²) in [4.78, 5) is 12.1. The third kappa shape index (κ3) is 2.57. The zero-order valence-corrected chi connectivity index (χ0v) is 12.0. The molecule has 7 nitrogen and oxygen atoms in total. The van der Waals surface area contributed by atoms with Crippen LogP contribution in [0.1, 0.15) is 28.8 Å². The van der Waals surface area contributed by atoms with Crippen LogP contribution in [-0.2, 0) is 13.0 Å². The van der Waals surface area contributed by atoms with Crippen LogP contribution in [0, 0.1) is 0 Å². The van der Waals surface area contributed by atoms with Gasteiger partial charge in [-0.1, -0.05) is 23.4 Å². The lowest BCUT2D eigenvalue weighted by Crippen LogP contribution is -2.08. The normalized spacial score (nSPS) is 10.9. The van der Waals surface area contributed by atoms with Gasteiger partial charge in [0.2, 0.25) is 0 Å². The molecular weight excluding hydrogens is 292 g/mol. The Hall–Kier alpha value is -2.48. The molecule has 3 rings (SSSR count). The van der Waals surface area contributed by atoms with Crippen LogP contribution in [0.15, 0.2) is 28.1 Å². The number of rotatable bonds is 5. The van der Waals surface area contributed by atoms with E-state index in [0.29, 0.717) is 30.1 Å². The fourth-order valence-electron chi connectivity index (χ4n) is 2.05. The second kappa shape index (κ2) is 5.49. The summed E-state index contributed by atoms with van der Waals surface area (Å²) in [6.45, 7) is 2.19. The lowest BCUT2D eigenvalue weighted by atomic mass is 10.2. The maximum Gasteiger partial charge on any atom is 0.358 e. The highest BCUT2D eigenvalue weighted by molar-refractivity contribution is 7.13. The van der Waals surface area contributed by atoms with Crippen molar-refractivity contribution in [2.75, 3.05) is 0 Å². The average Bonchev–Trinajstić information content (AvgIpc) is 3.18. The fraction of sp³-hybridized carbons (Fsp3) is 0.231. The molecule has 0 aromatic carbocycles. The van der Waals surface area contributed by atoms with E-state index in [2.05, 4.69) is 15.5 Å². The van der Waals surface area contributed by atoms with Crippen molar-refractivity contribution in [3.8, 4) is 10.6 Å². The first-order chi connectivity index (χ1) is 10.2. The van der Waals surface area contributed by atoms with E-state index in [0.717, 1.165) is 4.88 Å². The summed E-state index contributed by atoms with van der Waals surface area (Å²) in [6.07, 6.45) is 0.532. The minimum absolute atomic E-state index is 0.0144. The van der Waals surface area contributed by atoms with Crippen molar-refractivity contribution in [1.82, 2.24) is 20.2 Å². The molecule has 0 aliphatic carbocycles. The SMILES string of the molecule is CCc1c(C(=O)O)nnn1Cc1cc(-c2cccs2)on1. The molecule has 0 spiro atoms. The molecule has 0 unspecified atom stereocenters. The molecule has 21 heavy (non-hydrogen) atoms. The van der Waals surface area contributed by atoms with Crippen molar-refractivity contribution in [3.63, 3.8) is 0 Å². The molecule has 0 radical (unpaired) electrons. The molecule has 8 heteroatoms. The summed E-state index contributed by atoms with van der Waals surface area (Å²) in [5.74, 6) is -0.380. The van der Waals surface area contributed by atoms with E-state index < -0.39 is 5.97 Å². The van der Waals surface area contributed by atoms with Gasteiger partial charge in [-0.2, -0.15) is 0 Å². The average molecular weight is 304 g/mol. The molecule has 0 saturated heterocycles. The van der Waals surface area contributed by atoms with Gasteiger partial charge in [0.15, 0.2) is 11.5 Å². The monoisotopic (exact) mass is 304 g/mol. The second-order valence-corrected chi connectivity index (χ2v) is 5.31. The molecule has 3 aromatic rings. The van der Waals surface area contributed by atoms with Crippen LogP contribution in [0.25, 0.3) is 10.6 Å². The number of hydrogen-bond acceptors (Lipinski definition) is 6. The Morgan fingerprint density at radius 3 is 3.05 bits per heavy atom. The van der Waals surface area contributed by atoms with E-state index in [1.54, 1.807) is 16.0 Å². The van der Waals surface area contributed by atoms with Crippen LogP contribution in [0.5, 0.6) is 0 Å². The van der Waals surface area contributed by atoms with Gasteiger partial charge < -0.3 is 9.63 Å². The third-order valence-electron chi connectivity index (χ3n) is 3.01. The van der Waals surface area contributed by atoms with Crippen LogP contribution < -0.4 is 0 Å². The van der Waals surface area contributed by atoms with Gasteiger partial charge in [-0.25, -0.2) is 9.48 Å². The first kappa shape index (κ1) is 13.5. The first-order valence-corrected chi connectivity index (χ1v) is 7.22. The van der Waals surface area contributed by atoms with Gasteiger partial charge in [-0.3, -0.25) is 0 Å². The number of hydrogen-bond donors (Lipinski definition) is 1. The lowest BCUT2D eigenvalue weighted by molar-refractivity contribution is 0.0689. The minimum atomic E-state index is -1.07. The molecule has 0 bridgehead atoms. The van der Waals surface area contributed by atoms with E-state index in [1.807, 2.05) is 30.5 Å². The summed E-state index contributed by atoms with van der Waals surface area (Å²) in [7, 11) is 0. The van der Waals surface area contributed by atoms with Crippen LogP contribution >= 0.6 is 11.3 Å². The van der Waals surface area contributed by atoms with Gasteiger partial charge >= 0.3 is 5.97 Å². The maximum atomic E-state index is 11.1. The molecule has 3 aromatic heterocycles. The van der Waals surface area contributed by atoms with Crippen LogP contribution in [-0.4, -0.2) is 31.2 Å². The Morgan fingerprint density at radius 1 is 1.52 bits per heavy atom. The zero-order valence-electron chi connectivity index (χ0n) is 11.2. The van der Waals surface area contributed by atoms with Crippen LogP contribution in [0.2, 0.25) is 0 Å². The smallest absolute Gasteiger partial charge is 0.358 e. The Kier molecular flexibility index (Phi) is 3.53. The molecule has 0 aliphatic heterocycles. The summed E-state index contributed by atoms with van der Waals surface area (Å²) in [5.41, 5.74) is 1.23. The number of thiophene rings is 1. The van der Waals surface area contributed by atoms with Gasteiger partial charge in [0.25, 0.3) is 0 Å². The predicted octanol–water partition coefficient (Wildman–Crippen LogP) is 2.30. The van der Waals surface area contributed by atoms with Crippen LogP contribution in [0.4, 0.5) is 0 Å². The molecule has 108 valence electrons. The topological polar surface area (TPSA) is 94.0 Å². The number of carbonyl (C=O) groups is 1. The summed E-state index contributed by atoms with van der Waals surface area (Å²) >= 11 is 1.57. The van der Waals surface area contributed by atoms with Crippen molar-refractivity contribution in [1.29, 1.82) is 0 Å². The van der Waals surface area contributed by atoms with E-state index in [1.165, 1.54) is 0 Å². The Balaban J connectivity index is 1.86. The van der Waals surface area contributed by atoms with Crippen molar-refractivity contribution in [2.24, 2.45) is 0 Å². The third-order valence-corrected chi connectivity index (χ3v) is 3.89. The number of carboxylic acid groups (broad SMARTS) is 1. The molecule has 0 atom stereocenters. The first-order valence-electron chi connectivity index (χ1n) is 6.34. The predicted molar refractivity (Wildman–Crippen MR) is 75.3 cm³/mol. The highest BCUT2D eigenvalue weighted by Gasteiger charge is 2.18. The van der Waals surface area contributed by atoms with Gasteiger partial charge in [-0.05, 0) is 17.9 Å². The number of carboxylic acids is 1. The number of aromatic carboxylic acids is 1. The van der Waals surface area contributed by atoms with Gasteiger partial charge in [0, 0.05) is 6.07 Å². The Morgan fingerprint density at radius 2 is 2.38 bits per heavy atom. The maximum absolute atomic E-state index is 11.1. The van der Waals surface area contributed by atoms with Crippen molar-refractivity contribution >= 4 is 17.3 Å². The quantitative estimate of drug-likeness (QED) is 0.777. The standard InChI is InChI=1S/C13H12N4O3S/c1-2-9-12(13(18)19)14-16-17(9)7-8-6-10(20-15-8)11-4-3-5-21-11/h3-6H,2,7H2,1H3,(H,18,19). The van der Waals surface area contributed by atoms with E-state index >= 15 is 0 Å². The minimum Gasteiger partial charge on any atom is -0.476 e. The highest BCUT2D eigenvalue weighted by Crippen LogP contribution is 2.25. The van der Waals surface area contributed by atoms with E-state index in [4.69, 9.17) is 9.63 Å². The Bertz CT molecular complexity index is 760. The molecule has 3 heterocycles. The molecule has 1 N–H and O–H groups in total. The van der Waals surface area contributed by atoms with E-state index in [-0.39, 0.29) is 5.69 Å². The van der Waals surface area contributed by atoms with E-state index in [9.17, 15) is 4.79 Å². The molecule has 0 aliphatic rings. The van der Waals surface area contributed by atoms with Gasteiger partial charge in [0.1, 0.15) is 5.69 Å². The van der Waals surface area contributed by atoms with Gasteiger partial charge in [0.05, 0.1) is 17.1 Å². The summed E-state index contributed by atoms with van der Waals surface area (Å²) in [5, 5.41) is 22.6. The molecule has 0 saturated carbocycles. The Labute approximate surface area is 123 Å². The zero-order chi connectivity index (χ0) is 14.8. The second-order valence-electron chi connectivity index (χ2n) is 4.36. The molecule has 0 amide bonds.